The Balaban J connectivity index is 1.43. The lowest BCUT2D eigenvalue weighted by atomic mass is 9.84. The van der Waals surface area contributed by atoms with Gasteiger partial charge in [-0.05, 0) is 55.3 Å². The maximum Gasteiger partial charge on any atom is 0.252 e. The minimum atomic E-state index is -2.86. The van der Waals surface area contributed by atoms with Crippen molar-refractivity contribution in [2.24, 2.45) is 5.92 Å². The summed E-state index contributed by atoms with van der Waals surface area (Å²) in [4.78, 5) is 36.1. The number of hydrogen-bond acceptors (Lipinski definition) is 5. The van der Waals surface area contributed by atoms with E-state index in [0.29, 0.717) is 18.7 Å². The number of rotatable bonds is 7. The second-order valence-electron chi connectivity index (χ2n) is 11.5. The molecule has 3 unspecified atom stereocenters. The van der Waals surface area contributed by atoms with Gasteiger partial charge in [0.25, 0.3) is 11.8 Å². The highest BCUT2D eigenvalue weighted by Crippen LogP contribution is 2.40. The second kappa shape index (κ2) is 11.8. The first-order chi connectivity index (χ1) is 20.6. The van der Waals surface area contributed by atoms with Crippen LogP contribution in [0.15, 0.2) is 72.9 Å². The molecule has 0 spiro atoms. The normalized spacial score (nSPS) is 25.7. The van der Waals surface area contributed by atoms with Crippen molar-refractivity contribution >= 4 is 45.7 Å². The summed E-state index contributed by atoms with van der Waals surface area (Å²) >= 11 is 6.77. The summed E-state index contributed by atoms with van der Waals surface area (Å²) in [6.45, 7) is 0. The Morgan fingerprint density at radius 2 is 1.88 bits per heavy atom. The molecule has 0 radical (unpaired) electrons. The molecule has 2 aromatic carbocycles. The number of alkyl halides is 3. The highest BCUT2D eigenvalue weighted by molar-refractivity contribution is 6.21. The number of allylic oxidation sites excluding steroid dienone is 1. The van der Waals surface area contributed by atoms with Gasteiger partial charge < -0.3 is 15.3 Å². The van der Waals surface area contributed by atoms with Gasteiger partial charge in [0.15, 0.2) is 0 Å². The third kappa shape index (κ3) is 5.82. The molecular weight excluding hydrogens is 581 g/mol. The smallest absolute Gasteiger partial charge is 0.252 e. The monoisotopic (exact) mass is 612 g/mol. The van der Waals surface area contributed by atoms with Crippen LogP contribution in [0.3, 0.4) is 0 Å². The molecular formula is C32H32ClF3N4O3. The van der Waals surface area contributed by atoms with Gasteiger partial charge in [-0.25, -0.2) is 18.2 Å². The number of aromatic nitrogens is 1. The number of amides is 2. The van der Waals surface area contributed by atoms with Crippen LogP contribution >= 0.6 is 11.6 Å². The first-order valence-corrected chi connectivity index (χ1v) is 14.9. The Hall–Kier alpha value is -3.63. The average Bonchev–Trinajstić information content (AvgIpc) is 3.35. The standard InChI is InChI=1S/C32H32ClF3N4O3/c33-25-11-4-3-10-24(25)28(30(42)38-21-17-32(35,36)18-21)39(22-8-5-7-20(34)16-22)31(43)26-12-13-27(41)40(26)29-23-9-2-1-6-19(23)14-15-37-29/h1-3,5-10,14-16,21,24-28,41H,4,11-13,17-18H2,(H,38,42)/t24?,25?,26-,27?,28-/m0/s1. The predicted molar refractivity (Wildman–Crippen MR) is 159 cm³/mol. The molecule has 2 amide bonds. The zero-order valence-corrected chi connectivity index (χ0v) is 24.0. The molecule has 7 nitrogen and oxygen atoms in total. The van der Waals surface area contributed by atoms with Crippen molar-refractivity contribution in [3.05, 3.63) is 78.8 Å². The number of fused-ring (bicyclic) bond motifs is 1. The van der Waals surface area contributed by atoms with E-state index in [9.17, 15) is 27.9 Å². The van der Waals surface area contributed by atoms with E-state index >= 15 is 0 Å². The Bertz CT molecular complexity index is 1540. The van der Waals surface area contributed by atoms with Crippen LogP contribution in [0.25, 0.3) is 10.8 Å². The van der Waals surface area contributed by atoms with Crippen molar-refractivity contribution in [1.29, 1.82) is 0 Å². The fourth-order valence-corrected chi connectivity index (χ4v) is 6.83. The summed E-state index contributed by atoms with van der Waals surface area (Å²) in [5.41, 5.74) is 0.124. The fourth-order valence-electron chi connectivity index (χ4n) is 6.48. The third-order valence-electron chi connectivity index (χ3n) is 8.59. The van der Waals surface area contributed by atoms with E-state index in [1.54, 1.807) is 17.2 Å². The molecule has 2 fully saturated rings. The van der Waals surface area contributed by atoms with Crippen molar-refractivity contribution < 1.29 is 27.9 Å². The zero-order chi connectivity index (χ0) is 30.3. The minimum Gasteiger partial charge on any atom is -0.374 e. The molecule has 1 saturated carbocycles. The van der Waals surface area contributed by atoms with E-state index in [1.165, 1.54) is 23.1 Å². The zero-order valence-electron chi connectivity index (χ0n) is 23.3. The molecule has 2 heterocycles. The van der Waals surface area contributed by atoms with E-state index in [0.717, 1.165) is 16.8 Å². The van der Waals surface area contributed by atoms with Gasteiger partial charge >= 0.3 is 0 Å². The number of anilines is 2. The molecule has 1 saturated heterocycles. The number of hydrogen-bond donors (Lipinski definition) is 2. The van der Waals surface area contributed by atoms with Crippen molar-refractivity contribution in [3.8, 4) is 0 Å². The van der Waals surface area contributed by atoms with Crippen molar-refractivity contribution in [2.75, 3.05) is 9.80 Å². The molecule has 1 aliphatic heterocycles. The van der Waals surface area contributed by atoms with Crippen LogP contribution in [0, 0.1) is 11.7 Å². The molecule has 2 N–H and O–H groups in total. The van der Waals surface area contributed by atoms with Crippen molar-refractivity contribution in [3.63, 3.8) is 0 Å². The maximum atomic E-state index is 14.7. The van der Waals surface area contributed by atoms with E-state index in [4.69, 9.17) is 11.6 Å². The Morgan fingerprint density at radius 1 is 1.09 bits per heavy atom. The van der Waals surface area contributed by atoms with Gasteiger partial charge in [0, 0.05) is 47.4 Å². The minimum absolute atomic E-state index is 0.124. The molecule has 6 rings (SSSR count). The summed E-state index contributed by atoms with van der Waals surface area (Å²) in [5, 5.41) is 14.9. The van der Waals surface area contributed by atoms with Gasteiger partial charge in [0.1, 0.15) is 29.9 Å². The van der Waals surface area contributed by atoms with Crippen molar-refractivity contribution in [1.82, 2.24) is 10.3 Å². The van der Waals surface area contributed by atoms with Crippen LogP contribution in [-0.4, -0.2) is 57.6 Å². The summed E-state index contributed by atoms with van der Waals surface area (Å²) in [6.07, 6.45) is 4.92. The largest absolute Gasteiger partial charge is 0.374 e. The topological polar surface area (TPSA) is 85.8 Å². The quantitative estimate of drug-likeness (QED) is 0.270. The second-order valence-corrected chi connectivity index (χ2v) is 12.1. The van der Waals surface area contributed by atoms with Gasteiger partial charge in [-0.15, -0.1) is 11.6 Å². The fraction of sp³-hybridized carbons (Fsp3) is 0.406. The van der Waals surface area contributed by atoms with Crippen molar-refractivity contribution in [2.45, 2.75) is 74.2 Å². The number of nitrogens with zero attached hydrogens (tertiary/aromatic N) is 3. The van der Waals surface area contributed by atoms with E-state index < -0.39 is 72.0 Å². The summed E-state index contributed by atoms with van der Waals surface area (Å²) in [7, 11) is 0. The average molecular weight is 613 g/mol. The maximum absolute atomic E-state index is 14.7. The Labute approximate surface area is 252 Å². The molecule has 3 aliphatic rings. The van der Waals surface area contributed by atoms with E-state index in [-0.39, 0.29) is 18.5 Å². The number of pyridine rings is 1. The Morgan fingerprint density at radius 3 is 2.63 bits per heavy atom. The van der Waals surface area contributed by atoms with E-state index in [1.807, 2.05) is 36.4 Å². The number of nitrogens with one attached hydrogen (secondary N) is 1. The van der Waals surface area contributed by atoms with Gasteiger partial charge in [0.2, 0.25) is 5.91 Å². The van der Waals surface area contributed by atoms with Gasteiger partial charge in [-0.3, -0.25) is 14.5 Å². The van der Waals surface area contributed by atoms with Crippen LogP contribution in [0.5, 0.6) is 0 Å². The predicted octanol–water partition coefficient (Wildman–Crippen LogP) is 5.55. The number of aliphatic hydroxyl groups excluding tert-OH is 1. The van der Waals surface area contributed by atoms with Gasteiger partial charge in [-0.2, -0.15) is 0 Å². The highest BCUT2D eigenvalue weighted by atomic mass is 35.5. The van der Waals surface area contributed by atoms with Gasteiger partial charge in [-0.1, -0.05) is 42.5 Å². The van der Waals surface area contributed by atoms with Crippen LogP contribution in [-0.2, 0) is 9.59 Å². The molecule has 226 valence electrons. The molecule has 11 heteroatoms. The van der Waals surface area contributed by atoms with Crippen LogP contribution in [0.1, 0.15) is 38.5 Å². The molecule has 3 aromatic rings. The lowest BCUT2D eigenvalue weighted by molar-refractivity contribution is -0.133. The first kappa shape index (κ1) is 29.4. The molecule has 5 atom stereocenters. The summed E-state index contributed by atoms with van der Waals surface area (Å²) in [6, 6.07) is 11.7. The first-order valence-electron chi connectivity index (χ1n) is 14.5. The lowest BCUT2D eigenvalue weighted by Gasteiger charge is -2.42. The lowest BCUT2D eigenvalue weighted by Crippen LogP contribution is -2.62. The Kier molecular flexibility index (Phi) is 8.08. The summed E-state index contributed by atoms with van der Waals surface area (Å²) in [5.74, 6) is -4.96. The number of aliphatic hydroxyl groups is 1. The van der Waals surface area contributed by atoms with Crippen LogP contribution in [0.2, 0.25) is 0 Å². The third-order valence-corrected chi connectivity index (χ3v) is 9.10. The number of carbonyl (C=O) groups is 2. The van der Waals surface area contributed by atoms with E-state index in [2.05, 4.69) is 10.3 Å². The molecule has 43 heavy (non-hydrogen) atoms. The number of benzene rings is 2. The van der Waals surface area contributed by atoms with Crippen LogP contribution < -0.4 is 15.1 Å². The van der Waals surface area contributed by atoms with Gasteiger partial charge in [0.05, 0.1) is 0 Å². The molecule has 0 bridgehead atoms. The molecule has 2 aliphatic carbocycles. The van der Waals surface area contributed by atoms with Crippen LogP contribution in [0.4, 0.5) is 24.7 Å². The number of halogens is 4. The number of carbonyl (C=O) groups excluding carboxylic acids is 2. The summed E-state index contributed by atoms with van der Waals surface area (Å²) < 4.78 is 42.0. The SMILES string of the molecule is O=C(NC1CC(F)(F)C1)[C@H](C1C=CCCC1Cl)N(C(=O)[C@@H]1CCC(O)N1c1nccc2ccccc12)c1cccc(F)c1. The highest BCUT2D eigenvalue weighted by Gasteiger charge is 2.50. The molecule has 1 aromatic heterocycles.